The van der Waals surface area contributed by atoms with E-state index in [1.807, 2.05) is 20.8 Å². The van der Waals surface area contributed by atoms with E-state index in [0.29, 0.717) is 12.2 Å². The zero-order valence-corrected chi connectivity index (χ0v) is 12.4. The number of aromatic amines is 1. The van der Waals surface area contributed by atoms with Crippen LogP contribution in [0.4, 0.5) is 5.69 Å². The van der Waals surface area contributed by atoms with E-state index in [0.717, 1.165) is 12.1 Å². The summed E-state index contributed by atoms with van der Waals surface area (Å²) in [6, 6.07) is -0.632. The second-order valence-corrected chi connectivity index (χ2v) is 5.04. The van der Waals surface area contributed by atoms with Crippen molar-refractivity contribution in [1.29, 1.82) is 0 Å². The summed E-state index contributed by atoms with van der Waals surface area (Å²) in [5.41, 5.74) is 7.06. The number of amides is 2. The fraction of sp³-hybridized carbons (Fsp3) is 0.615. The van der Waals surface area contributed by atoms with Gasteiger partial charge < -0.3 is 16.4 Å². The number of nitrogens with two attached hydrogens (primary N) is 1. The minimum atomic E-state index is -0.632. The molecule has 1 rings (SSSR count). The van der Waals surface area contributed by atoms with Crippen LogP contribution in [-0.4, -0.2) is 34.6 Å². The van der Waals surface area contributed by atoms with Gasteiger partial charge in [-0.25, -0.2) is 0 Å². The van der Waals surface area contributed by atoms with Crippen molar-refractivity contribution in [3.8, 4) is 0 Å². The van der Waals surface area contributed by atoms with Crippen LogP contribution in [0.25, 0.3) is 0 Å². The second-order valence-electron chi connectivity index (χ2n) is 5.04. The van der Waals surface area contributed by atoms with Gasteiger partial charge in [0.05, 0.1) is 11.4 Å². The predicted octanol–water partition coefficient (Wildman–Crippen LogP) is 0.760. The highest BCUT2D eigenvalue weighted by Gasteiger charge is 2.22. The Morgan fingerprint density at radius 2 is 2.00 bits per heavy atom. The number of rotatable bonds is 6. The molecule has 0 saturated carbocycles. The summed E-state index contributed by atoms with van der Waals surface area (Å²) in [4.78, 5) is 23.7. The van der Waals surface area contributed by atoms with Gasteiger partial charge in [-0.3, -0.25) is 14.7 Å². The third-order valence-corrected chi connectivity index (χ3v) is 2.92. The monoisotopic (exact) mass is 281 g/mol. The Morgan fingerprint density at radius 1 is 1.35 bits per heavy atom. The first-order valence-electron chi connectivity index (χ1n) is 6.80. The van der Waals surface area contributed by atoms with Gasteiger partial charge in [-0.1, -0.05) is 20.8 Å². The van der Waals surface area contributed by atoms with Crippen LogP contribution in [0.2, 0.25) is 0 Å². The maximum absolute atomic E-state index is 12.0. The quantitative estimate of drug-likeness (QED) is 0.616. The smallest absolute Gasteiger partial charge is 0.274 e. The van der Waals surface area contributed by atoms with E-state index in [1.165, 1.54) is 0 Å². The van der Waals surface area contributed by atoms with Gasteiger partial charge in [0.15, 0.2) is 5.69 Å². The molecule has 0 saturated heterocycles. The molecule has 1 aromatic heterocycles. The van der Waals surface area contributed by atoms with Crippen molar-refractivity contribution >= 4 is 17.5 Å². The van der Waals surface area contributed by atoms with Crippen molar-refractivity contribution in [3.63, 3.8) is 0 Å². The minimum Gasteiger partial charge on any atom is -0.395 e. The number of anilines is 1. The molecule has 0 aliphatic rings. The highest BCUT2D eigenvalue weighted by Crippen LogP contribution is 2.21. The average Bonchev–Trinajstić information content (AvgIpc) is 2.77. The van der Waals surface area contributed by atoms with Crippen LogP contribution in [0.5, 0.6) is 0 Å². The molecular formula is C13H23N5O2. The minimum absolute atomic E-state index is 0.129. The third-order valence-electron chi connectivity index (χ3n) is 2.92. The molecule has 1 atom stereocenters. The Labute approximate surface area is 118 Å². The first-order valence-corrected chi connectivity index (χ1v) is 6.80. The fourth-order valence-electron chi connectivity index (χ4n) is 1.71. The molecule has 1 unspecified atom stereocenters. The molecule has 112 valence electrons. The van der Waals surface area contributed by atoms with E-state index in [9.17, 15) is 9.59 Å². The third kappa shape index (κ3) is 3.72. The lowest BCUT2D eigenvalue weighted by atomic mass is 10.1. The van der Waals surface area contributed by atoms with Crippen molar-refractivity contribution in [2.75, 3.05) is 12.3 Å². The summed E-state index contributed by atoms with van der Waals surface area (Å²) >= 11 is 0. The lowest BCUT2D eigenvalue weighted by Crippen LogP contribution is -2.45. The van der Waals surface area contributed by atoms with Crippen LogP contribution in [0, 0.1) is 0 Å². The van der Waals surface area contributed by atoms with Gasteiger partial charge in [-0.15, -0.1) is 0 Å². The second kappa shape index (κ2) is 6.93. The number of hydrogen-bond donors (Lipinski definition) is 4. The summed E-state index contributed by atoms with van der Waals surface area (Å²) < 4.78 is 0. The number of carbonyl (C=O) groups excluding carboxylic acids is 2. The Bertz CT molecular complexity index is 481. The maximum atomic E-state index is 12.0. The van der Waals surface area contributed by atoms with Crippen LogP contribution < -0.4 is 16.4 Å². The van der Waals surface area contributed by atoms with Gasteiger partial charge in [0.25, 0.3) is 5.91 Å². The number of nitrogen functional groups attached to an aromatic ring is 1. The van der Waals surface area contributed by atoms with Crippen LogP contribution >= 0.6 is 0 Å². The van der Waals surface area contributed by atoms with E-state index in [4.69, 9.17) is 5.73 Å². The maximum Gasteiger partial charge on any atom is 0.274 e. The number of aromatic nitrogens is 2. The van der Waals surface area contributed by atoms with Crippen molar-refractivity contribution in [1.82, 2.24) is 20.8 Å². The first-order chi connectivity index (χ1) is 9.38. The molecule has 0 aliphatic carbocycles. The van der Waals surface area contributed by atoms with E-state index in [1.54, 1.807) is 6.92 Å². The van der Waals surface area contributed by atoms with Crippen molar-refractivity contribution < 1.29 is 9.59 Å². The lowest BCUT2D eigenvalue weighted by molar-refractivity contribution is -0.122. The van der Waals surface area contributed by atoms with Crippen LogP contribution in [0.3, 0.4) is 0 Å². The zero-order valence-electron chi connectivity index (χ0n) is 12.4. The molecule has 2 amide bonds. The van der Waals surface area contributed by atoms with Crippen LogP contribution in [0.15, 0.2) is 0 Å². The highest BCUT2D eigenvalue weighted by molar-refractivity contribution is 6.00. The Balaban J connectivity index is 2.69. The topological polar surface area (TPSA) is 113 Å². The van der Waals surface area contributed by atoms with E-state index in [2.05, 4.69) is 20.8 Å². The van der Waals surface area contributed by atoms with Crippen LogP contribution in [-0.2, 0) is 4.79 Å². The zero-order chi connectivity index (χ0) is 15.3. The standard InChI is InChI=1S/C13H23N5O2/c1-5-6-15-12(19)8(4)16-13(20)11-9(14)10(7(2)3)17-18-11/h7-8H,5-6,14H2,1-4H3,(H,15,19)(H,16,20)(H,17,18). The number of nitrogens with zero attached hydrogens (tertiary/aromatic N) is 1. The first kappa shape index (κ1) is 16.0. The summed E-state index contributed by atoms with van der Waals surface area (Å²) in [6.45, 7) is 8.07. The molecule has 0 spiro atoms. The van der Waals surface area contributed by atoms with Gasteiger partial charge in [-0.2, -0.15) is 5.10 Å². The predicted molar refractivity (Wildman–Crippen MR) is 77.3 cm³/mol. The summed E-state index contributed by atoms with van der Waals surface area (Å²) in [5.74, 6) is -0.530. The van der Waals surface area contributed by atoms with Gasteiger partial charge in [-0.05, 0) is 19.3 Å². The van der Waals surface area contributed by atoms with Gasteiger partial charge >= 0.3 is 0 Å². The Hall–Kier alpha value is -2.05. The van der Waals surface area contributed by atoms with Crippen molar-refractivity contribution in [2.45, 2.75) is 46.1 Å². The summed E-state index contributed by atoms with van der Waals surface area (Å²) in [5, 5.41) is 12.0. The normalized spacial score (nSPS) is 12.2. The molecule has 20 heavy (non-hydrogen) atoms. The molecule has 7 heteroatoms. The van der Waals surface area contributed by atoms with Crippen LogP contribution in [0.1, 0.15) is 56.2 Å². The molecule has 0 fully saturated rings. The van der Waals surface area contributed by atoms with Crippen molar-refractivity contribution in [2.24, 2.45) is 0 Å². The van der Waals surface area contributed by atoms with Gasteiger partial charge in [0.1, 0.15) is 6.04 Å². The SMILES string of the molecule is CCCNC(=O)C(C)NC(=O)c1n[nH]c(C(C)C)c1N. The molecule has 1 heterocycles. The van der Waals surface area contributed by atoms with E-state index < -0.39 is 11.9 Å². The largest absolute Gasteiger partial charge is 0.395 e. The number of carbonyl (C=O) groups is 2. The Morgan fingerprint density at radius 3 is 2.50 bits per heavy atom. The Kier molecular flexibility index (Phi) is 5.54. The molecule has 0 radical (unpaired) electrons. The van der Waals surface area contributed by atoms with E-state index in [-0.39, 0.29) is 17.5 Å². The summed E-state index contributed by atoms with van der Waals surface area (Å²) in [7, 11) is 0. The fourth-order valence-corrected chi connectivity index (χ4v) is 1.71. The molecule has 7 nitrogen and oxygen atoms in total. The number of H-pyrrole nitrogens is 1. The number of hydrogen-bond acceptors (Lipinski definition) is 4. The van der Waals surface area contributed by atoms with Crippen molar-refractivity contribution in [3.05, 3.63) is 11.4 Å². The van der Waals surface area contributed by atoms with Gasteiger partial charge in [0.2, 0.25) is 5.91 Å². The molecular weight excluding hydrogens is 258 g/mol. The molecule has 0 aromatic carbocycles. The molecule has 1 aromatic rings. The molecule has 5 N–H and O–H groups in total. The van der Waals surface area contributed by atoms with E-state index >= 15 is 0 Å². The number of nitrogens with one attached hydrogen (secondary N) is 3. The summed E-state index contributed by atoms with van der Waals surface area (Å²) in [6.07, 6.45) is 0.844. The average molecular weight is 281 g/mol. The highest BCUT2D eigenvalue weighted by atomic mass is 16.2. The van der Waals surface area contributed by atoms with Gasteiger partial charge in [0, 0.05) is 6.54 Å². The molecule has 0 aliphatic heterocycles. The lowest BCUT2D eigenvalue weighted by Gasteiger charge is -2.13. The molecule has 0 bridgehead atoms.